The van der Waals surface area contributed by atoms with E-state index >= 15 is 0 Å². The molecule has 5 nitrogen and oxygen atoms in total. The lowest BCUT2D eigenvalue weighted by Crippen LogP contribution is -2.32. The fraction of sp³-hybridized carbons (Fsp3) is 0.583. The molecule has 1 amide bonds. The van der Waals surface area contributed by atoms with Gasteiger partial charge in [0.25, 0.3) is 0 Å². The van der Waals surface area contributed by atoms with Crippen molar-refractivity contribution in [2.24, 2.45) is 0 Å². The van der Waals surface area contributed by atoms with Crippen LogP contribution in [0.3, 0.4) is 0 Å². The summed E-state index contributed by atoms with van der Waals surface area (Å²) in [6.45, 7) is 2.77. The number of nitrogens with zero attached hydrogens (tertiary/aromatic N) is 1. The van der Waals surface area contributed by atoms with E-state index in [9.17, 15) is 27.9 Å². The number of hydrogen-bond donors (Lipinski definition) is 1. The van der Waals surface area contributed by atoms with Gasteiger partial charge < -0.3 is 14.7 Å². The Bertz CT molecular complexity index is 779. The second kappa shape index (κ2) is 12.6. The molecule has 0 aromatic heterocycles. The molecule has 2 rings (SSSR count). The zero-order chi connectivity index (χ0) is 23.6. The summed E-state index contributed by atoms with van der Waals surface area (Å²) in [6, 6.07) is 4.83. The standard InChI is InChI=1S/C24H32F3NO4/c1-2-32-23(31)10-5-3-4-6-15-28-20(12-14-22(28)30)11-13-21(29)17-18-8-7-9-19(16-18)24(25,26)27/h7-9,11,13,16,20-21,29H,2-6,10,12,14-15,17H2,1H3/b13-11+. The Morgan fingerprint density at radius 3 is 2.75 bits per heavy atom. The summed E-state index contributed by atoms with van der Waals surface area (Å²) in [5.74, 6) is -0.116. The fourth-order valence-corrected chi connectivity index (χ4v) is 3.83. The molecule has 8 heteroatoms. The maximum atomic E-state index is 12.8. The van der Waals surface area contributed by atoms with Crippen molar-refractivity contribution >= 4 is 11.9 Å². The Morgan fingerprint density at radius 2 is 2.03 bits per heavy atom. The first-order valence-electron chi connectivity index (χ1n) is 11.2. The van der Waals surface area contributed by atoms with E-state index in [1.807, 2.05) is 0 Å². The average molecular weight is 456 g/mol. The minimum atomic E-state index is -4.42. The number of benzene rings is 1. The second-order valence-electron chi connectivity index (χ2n) is 8.02. The number of carbonyl (C=O) groups is 2. The number of rotatable bonds is 12. The average Bonchev–Trinajstić information content (AvgIpc) is 3.08. The number of esters is 1. The summed E-state index contributed by atoms with van der Waals surface area (Å²) in [7, 11) is 0. The van der Waals surface area contributed by atoms with Gasteiger partial charge in [0.2, 0.25) is 5.91 Å². The SMILES string of the molecule is CCOC(=O)CCCCCCN1C(=O)CCC1/C=C/C(O)Cc1cccc(C(F)(F)F)c1. The molecule has 1 aromatic rings. The minimum absolute atomic E-state index is 0.0681. The number of carbonyl (C=O) groups excluding carboxylic acids is 2. The van der Waals surface area contributed by atoms with Gasteiger partial charge in [0, 0.05) is 25.8 Å². The number of unbranched alkanes of at least 4 members (excludes halogenated alkanes) is 3. The summed E-state index contributed by atoms with van der Waals surface area (Å²) in [5.41, 5.74) is -0.333. The van der Waals surface area contributed by atoms with Crippen LogP contribution in [-0.4, -0.2) is 47.2 Å². The molecule has 0 spiro atoms. The Labute approximate surface area is 187 Å². The summed E-state index contributed by atoms with van der Waals surface area (Å²) in [5, 5.41) is 10.3. The van der Waals surface area contributed by atoms with Gasteiger partial charge in [-0.05, 0) is 37.8 Å². The van der Waals surface area contributed by atoms with Crippen LogP contribution in [0.4, 0.5) is 13.2 Å². The predicted octanol–water partition coefficient (Wildman–Crippen LogP) is 4.67. The van der Waals surface area contributed by atoms with E-state index in [-0.39, 0.29) is 24.3 Å². The van der Waals surface area contributed by atoms with E-state index in [1.54, 1.807) is 30.0 Å². The molecule has 0 bridgehead atoms. The van der Waals surface area contributed by atoms with Gasteiger partial charge in [-0.3, -0.25) is 9.59 Å². The van der Waals surface area contributed by atoms with Crippen molar-refractivity contribution < 1.29 is 32.6 Å². The van der Waals surface area contributed by atoms with Crippen LogP contribution in [0, 0.1) is 0 Å². The first-order chi connectivity index (χ1) is 15.2. The van der Waals surface area contributed by atoms with Gasteiger partial charge in [-0.2, -0.15) is 13.2 Å². The molecular formula is C24H32F3NO4. The molecule has 1 aliphatic heterocycles. The van der Waals surface area contributed by atoms with Gasteiger partial charge in [-0.25, -0.2) is 0 Å². The molecule has 2 unspecified atom stereocenters. The van der Waals surface area contributed by atoms with Gasteiger partial charge in [0.05, 0.1) is 24.3 Å². The number of amides is 1. The van der Waals surface area contributed by atoms with Crippen LogP contribution in [0.15, 0.2) is 36.4 Å². The molecule has 1 aliphatic rings. The van der Waals surface area contributed by atoms with Crippen LogP contribution >= 0.6 is 0 Å². The molecule has 0 saturated carbocycles. The van der Waals surface area contributed by atoms with Crippen molar-refractivity contribution in [1.29, 1.82) is 0 Å². The Morgan fingerprint density at radius 1 is 1.28 bits per heavy atom. The van der Waals surface area contributed by atoms with Crippen LogP contribution in [0.5, 0.6) is 0 Å². The molecule has 1 aromatic carbocycles. The zero-order valence-corrected chi connectivity index (χ0v) is 18.4. The Hall–Kier alpha value is -2.35. The lowest BCUT2D eigenvalue weighted by atomic mass is 10.0. The van der Waals surface area contributed by atoms with E-state index in [4.69, 9.17) is 4.74 Å². The molecule has 1 fully saturated rings. The normalized spacial score (nSPS) is 17.8. The second-order valence-corrected chi connectivity index (χ2v) is 8.02. The molecule has 1 heterocycles. The Kier molecular flexibility index (Phi) is 10.2. The highest BCUT2D eigenvalue weighted by Gasteiger charge is 2.30. The largest absolute Gasteiger partial charge is 0.466 e. The number of alkyl halides is 3. The molecule has 0 aliphatic carbocycles. The third-order valence-electron chi connectivity index (χ3n) is 5.46. The van der Waals surface area contributed by atoms with Gasteiger partial charge in [-0.15, -0.1) is 0 Å². The highest BCUT2D eigenvalue weighted by Crippen LogP contribution is 2.30. The van der Waals surface area contributed by atoms with E-state index in [2.05, 4.69) is 0 Å². The summed E-state index contributed by atoms with van der Waals surface area (Å²) >= 11 is 0. The van der Waals surface area contributed by atoms with Gasteiger partial charge >= 0.3 is 12.1 Å². The van der Waals surface area contributed by atoms with E-state index in [0.29, 0.717) is 38.0 Å². The van der Waals surface area contributed by atoms with Crippen LogP contribution in [0.1, 0.15) is 63.0 Å². The summed E-state index contributed by atoms with van der Waals surface area (Å²) < 4.78 is 43.4. The number of aliphatic hydroxyl groups is 1. The topological polar surface area (TPSA) is 66.8 Å². The van der Waals surface area contributed by atoms with Crippen molar-refractivity contribution in [2.45, 2.75) is 76.6 Å². The summed E-state index contributed by atoms with van der Waals surface area (Å²) in [6.07, 6.45) is 2.96. The molecule has 0 radical (unpaired) electrons. The smallest absolute Gasteiger partial charge is 0.416 e. The lowest BCUT2D eigenvalue weighted by molar-refractivity contribution is -0.143. The van der Waals surface area contributed by atoms with Gasteiger partial charge in [0.15, 0.2) is 0 Å². The van der Waals surface area contributed by atoms with E-state index < -0.39 is 17.8 Å². The summed E-state index contributed by atoms with van der Waals surface area (Å²) in [4.78, 5) is 25.3. The first-order valence-corrected chi connectivity index (χ1v) is 11.2. The van der Waals surface area contributed by atoms with Crippen molar-refractivity contribution in [1.82, 2.24) is 4.90 Å². The highest BCUT2D eigenvalue weighted by atomic mass is 19.4. The minimum Gasteiger partial charge on any atom is -0.466 e. The quantitative estimate of drug-likeness (QED) is 0.283. The molecule has 32 heavy (non-hydrogen) atoms. The number of aliphatic hydroxyl groups excluding tert-OH is 1. The van der Waals surface area contributed by atoms with E-state index in [0.717, 1.165) is 37.8 Å². The number of likely N-dealkylation sites (tertiary alicyclic amines) is 1. The predicted molar refractivity (Wildman–Crippen MR) is 115 cm³/mol. The van der Waals surface area contributed by atoms with Crippen molar-refractivity contribution in [3.63, 3.8) is 0 Å². The van der Waals surface area contributed by atoms with Crippen molar-refractivity contribution in [3.05, 3.63) is 47.5 Å². The monoisotopic (exact) mass is 455 g/mol. The molecule has 1 saturated heterocycles. The van der Waals surface area contributed by atoms with Crippen molar-refractivity contribution in [3.8, 4) is 0 Å². The van der Waals surface area contributed by atoms with E-state index in [1.165, 1.54) is 6.07 Å². The maximum absolute atomic E-state index is 12.8. The fourth-order valence-electron chi connectivity index (χ4n) is 3.83. The van der Waals surface area contributed by atoms with Gasteiger partial charge in [0.1, 0.15) is 0 Å². The lowest BCUT2D eigenvalue weighted by Gasteiger charge is -2.22. The molecule has 2 atom stereocenters. The number of halogens is 3. The third kappa shape index (κ3) is 8.65. The highest BCUT2D eigenvalue weighted by molar-refractivity contribution is 5.79. The van der Waals surface area contributed by atoms with Crippen LogP contribution < -0.4 is 0 Å². The van der Waals surface area contributed by atoms with Gasteiger partial charge in [-0.1, -0.05) is 43.2 Å². The van der Waals surface area contributed by atoms with Crippen LogP contribution in [-0.2, 0) is 26.9 Å². The Balaban J connectivity index is 1.78. The maximum Gasteiger partial charge on any atom is 0.416 e. The van der Waals surface area contributed by atoms with Crippen LogP contribution in [0.25, 0.3) is 0 Å². The molecule has 178 valence electrons. The molecular weight excluding hydrogens is 423 g/mol. The third-order valence-corrected chi connectivity index (χ3v) is 5.46. The zero-order valence-electron chi connectivity index (χ0n) is 18.4. The first kappa shape index (κ1) is 25.9. The number of hydrogen-bond acceptors (Lipinski definition) is 4. The van der Waals surface area contributed by atoms with Crippen molar-refractivity contribution in [2.75, 3.05) is 13.2 Å². The number of ether oxygens (including phenoxy) is 1. The molecule has 1 N–H and O–H groups in total. The van der Waals surface area contributed by atoms with Crippen LogP contribution in [0.2, 0.25) is 0 Å².